The van der Waals surface area contributed by atoms with E-state index in [0.717, 1.165) is 54.0 Å². The van der Waals surface area contributed by atoms with Crippen molar-refractivity contribution >= 4 is 12.3 Å². The Morgan fingerprint density at radius 3 is 2.16 bits per heavy atom. The van der Waals surface area contributed by atoms with Crippen molar-refractivity contribution in [2.24, 2.45) is 10.9 Å². The predicted octanol–water partition coefficient (Wildman–Crippen LogP) is 5.89. The number of pyridine rings is 1. The van der Waals surface area contributed by atoms with E-state index < -0.39 is 0 Å². The Morgan fingerprint density at radius 1 is 0.946 bits per heavy atom. The molecule has 37 heavy (non-hydrogen) atoms. The number of benzene rings is 2. The molecule has 1 aromatic heterocycles. The SMILES string of the molecule is C=N/C(=C\C=C(/C)c1ccc(OCc2ccccc2)nc1OCc1ccccc1)N1CCC(CO)CC1. The summed E-state index contributed by atoms with van der Waals surface area (Å²) in [5.74, 6) is 2.24. The number of nitrogens with zero attached hydrogens (tertiary/aromatic N) is 3. The van der Waals surface area contributed by atoms with Crippen LogP contribution in [0.4, 0.5) is 0 Å². The molecule has 0 radical (unpaired) electrons. The third kappa shape index (κ3) is 7.54. The Hall–Kier alpha value is -3.90. The van der Waals surface area contributed by atoms with Gasteiger partial charge in [-0.05, 0) is 61.2 Å². The molecule has 6 heteroatoms. The van der Waals surface area contributed by atoms with Crippen molar-refractivity contribution in [2.75, 3.05) is 19.7 Å². The van der Waals surface area contributed by atoms with E-state index in [4.69, 9.17) is 14.5 Å². The van der Waals surface area contributed by atoms with Gasteiger partial charge in [0.2, 0.25) is 11.8 Å². The number of ether oxygens (including phenoxy) is 2. The van der Waals surface area contributed by atoms with Gasteiger partial charge in [0.15, 0.2) is 0 Å². The molecule has 1 aliphatic heterocycles. The average molecular weight is 498 g/mol. The second-order valence-electron chi connectivity index (χ2n) is 9.20. The third-order valence-electron chi connectivity index (χ3n) is 6.55. The highest BCUT2D eigenvalue weighted by Gasteiger charge is 2.19. The quantitative estimate of drug-likeness (QED) is 0.264. The number of piperidine rings is 1. The molecule has 2 heterocycles. The Kier molecular flexibility index (Phi) is 9.49. The molecule has 2 aromatic carbocycles. The molecule has 0 amide bonds. The van der Waals surface area contributed by atoms with Gasteiger partial charge < -0.3 is 19.5 Å². The molecule has 0 saturated carbocycles. The fourth-order valence-electron chi connectivity index (χ4n) is 4.26. The Bertz CT molecular complexity index is 1200. The fourth-order valence-corrected chi connectivity index (χ4v) is 4.26. The van der Waals surface area contributed by atoms with Gasteiger partial charge in [-0.15, -0.1) is 0 Å². The molecule has 1 fully saturated rings. The molecule has 3 aromatic rings. The van der Waals surface area contributed by atoms with Gasteiger partial charge in [-0.3, -0.25) is 0 Å². The number of aromatic nitrogens is 1. The molecular weight excluding hydrogens is 462 g/mol. The van der Waals surface area contributed by atoms with Crippen molar-refractivity contribution in [3.63, 3.8) is 0 Å². The first-order valence-electron chi connectivity index (χ1n) is 12.7. The highest BCUT2D eigenvalue weighted by atomic mass is 16.5. The van der Waals surface area contributed by atoms with Crippen molar-refractivity contribution < 1.29 is 14.6 Å². The summed E-state index contributed by atoms with van der Waals surface area (Å²) in [6.07, 6.45) is 5.93. The zero-order chi connectivity index (χ0) is 25.9. The maximum absolute atomic E-state index is 9.42. The minimum absolute atomic E-state index is 0.247. The van der Waals surface area contributed by atoms with E-state index in [0.29, 0.717) is 30.9 Å². The van der Waals surface area contributed by atoms with E-state index in [2.05, 4.69) is 16.6 Å². The lowest BCUT2D eigenvalue weighted by Crippen LogP contribution is -2.33. The Balaban J connectivity index is 1.53. The number of rotatable bonds is 11. The molecule has 0 bridgehead atoms. The van der Waals surface area contributed by atoms with Crippen LogP contribution < -0.4 is 9.47 Å². The molecule has 6 nitrogen and oxygen atoms in total. The van der Waals surface area contributed by atoms with Crippen LogP contribution in [0, 0.1) is 5.92 Å². The van der Waals surface area contributed by atoms with Gasteiger partial charge in [0, 0.05) is 31.3 Å². The van der Waals surface area contributed by atoms with E-state index in [1.165, 1.54) is 0 Å². The Labute approximate surface area is 219 Å². The highest BCUT2D eigenvalue weighted by molar-refractivity contribution is 5.69. The zero-order valence-electron chi connectivity index (χ0n) is 21.4. The molecule has 0 atom stereocenters. The maximum atomic E-state index is 9.42. The van der Waals surface area contributed by atoms with Crippen LogP contribution >= 0.6 is 0 Å². The van der Waals surface area contributed by atoms with Crippen LogP contribution in [0.25, 0.3) is 5.57 Å². The number of likely N-dealkylation sites (tertiary alicyclic amines) is 1. The lowest BCUT2D eigenvalue weighted by atomic mass is 9.98. The van der Waals surface area contributed by atoms with Gasteiger partial charge in [-0.1, -0.05) is 66.7 Å². The van der Waals surface area contributed by atoms with Crippen LogP contribution in [-0.2, 0) is 13.2 Å². The number of allylic oxidation sites excluding steroid dienone is 3. The normalized spacial score (nSPS) is 14.9. The predicted molar refractivity (Wildman–Crippen MR) is 148 cm³/mol. The molecule has 1 N–H and O–H groups in total. The van der Waals surface area contributed by atoms with Crippen molar-refractivity contribution in [1.29, 1.82) is 0 Å². The van der Waals surface area contributed by atoms with Crippen molar-refractivity contribution in [2.45, 2.75) is 33.0 Å². The number of aliphatic hydroxyl groups excluding tert-OH is 1. The zero-order valence-corrected chi connectivity index (χ0v) is 21.4. The first kappa shape index (κ1) is 26.2. The van der Waals surface area contributed by atoms with Gasteiger partial charge >= 0.3 is 0 Å². The van der Waals surface area contributed by atoms with Crippen LogP contribution in [0.3, 0.4) is 0 Å². The lowest BCUT2D eigenvalue weighted by Gasteiger charge is -2.32. The molecule has 192 valence electrons. The smallest absolute Gasteiger partial charge is 0.224 e. The van der Waals surface area contributed by atoms with Gasteiger partial charge in [0.05, 0.1) is 0 Å². The summed E-state index contributed by atoms with van der Waals surface area (Å²) in [5, 5.41) is 9.42. The second-order valence-corrected chi connectivity index (χ2v) is 9.20. The lowest BCUT2D eigenvalue weighted by molar-refractivity contribution is 0.151. The highest BCUT2D eigenvalue weighted by Crippen LogP contribution is 2.29. The standard InChI is InChI=1S/C31H35N3O3/c1-24(13-15-29(32-2)34-19-17-25(21-35)18-20-34)28-14-16-30(36-22-26-9-5-3-6-10-26)33-31(28)37-23-27-11-7-4-8-12-27/h3-16,25,35H,2,17-23H2,1H3/b24-13+,29-15+. The first-order valence-corrected chi connectivity index (χ1v) is 12.7. The summed E-state index contributed by atoms with van der Waals surface area (Å²) in [6.45, 7) is 8.62. The largest absolute Gasteiger partial charge is 0.473 e. The Morgan fingerprint density at radius 2 is 1.57 bits per heavy atom. The molecule has 0 spiro atoms. The molecule has 0 unspecified atom stereocenters. The van der Waals surface area contributed by atoms with Crippen LogP contribution in [0.2, 0.25) is 0 Å². The third-order valence-corrected chi connectivity index (χ3v) is 6.55. The second kappa shape index (κ2) is 13.4. The summed E-state index contributed by atoms with van der Waals surface area (Å²) in [7, 11) is 0. The van der Waals surface area contributed by atoms with Gasteiger partial charge in [0.25, 0.3) is 0 Å². The minimum atomic E-state index is 0.247. The van der Waals surface area contributed by atoms with Crippen LogP contribution in [0.1, 0.15) is 36.5 Å². The number of hydrogen-bond donors (Lipinski definition) is 1. The molecule has 1 saturated heterocycles. The maximum Gasteiger partial charge on any atom is 0.224 e. The number of aliphatic imine (C=N–C) groups is 1. The molecule has 4 rings (SSSR count). The topological polar surface area (TPSA) is 67.2 Å². The minimum Gasteiger partial charge on any atom is -0.473 e. The van der Waals surface area contributed by atoms with Crippen molar-refractivity contribution in [3.8, 4) is 11.8 Å². The van der Waals surface area contributed by atoms with Gasteiger partial charge in [0.1, 0.15) is 19.0 Å². The van der Waals surface area contributed by atoms with E-state index in [1.54, 1.807) is 0 Å². The van der Waals surface area contributed by atoms with Crippen LogP contribution in [-0.4, -0.2) is 41.4 Å². The van der Waals surface area contributed by atoms with Gasteiger partial charge in [-0.25, -0.2) is 4.99 Å². The summed E-state index contributed by atoms with van der Waals surface area (Å²) in [5.41, 5.74) is 4.03. The number of hydrogen-bond acceptors (Lipinski definition) is 6. The summed E-state index contributed by atoms with van der Waals surface area (Å²) in [4.78, 5) is 11.2. The first-order chi connectivity index (χ1) is 18.2. The van der Waals surface area contributed by atoms with Crippen molar-refractivity contribution in [1.82, 2.24) is 9.88 Å². The van der Waals surface area contributed by atoms with E-state index in [9.17, 15) is 5.11 Å². The fraction of sp³-hybridized carbons (Fsp3) is 0.290. The summed E-state index contributed by atoms with van der Waals surface area (Å²) >= 11 is 0. The monoisotopic (exact) mass is 497 g/mol. The van der Waals surface area contributed by atoms with Crippen LogP contribution in [0.5, 0.6) is 11.8 Å². The molecular formula is C31H35N3O3. The van der Waals surface area contributed by atoms with E-state index in [1.807, 2.05) is 91.9 Å². The van der Waals surface area contributed by atoms with E-state index in [-0.39, 0.29) is 6.61 Å². The number of aliphatic hydroxyl groups is 1. The van der Waals surface area contributed by atoms with Gasteiger partial charge in [-0.2, -0.15) is 4.98 Å². The van der Waals surface area contributed by atoms with Crippen LogP contribution in [0.15, 0.2) is 95.8 Å². The average Bonchev–Trinajstić information content (AvgIpc) is 2.96. The molecule has 0 aliphatic carbocycles. The van der Waals surface area contributed by atoms with Crippen molar-refractivity contribution in [3.05, 3.63) is 107 Å². The molecule has 1 aliphatic rings. The van der Waals surface area contributed by atoms with E-state index >= 15 is 0 Å². The summed E-state index contributed by atoms with van der Waals surface area (Å²) < 4.78 is 12.2. The summed E-state index contributed by atoms with van der Waals surface area (Å²) in [6, 6.07) is 23.9.